The Hall–Kier alpha value is -4.48. The number of rotatable bonds is 8. The van der Waals surface area contributed by atoms with Gasteiger partial charge in [0.2, 0.25) is 5.91 Å². The van der Waals surface area contributed by atoms with Gasteiger partial charge in [-0.2, -0.15) is 0 Å². The smallest absolute Gasteiger partial charge is 0.404 e. The largest absolute Gasteiger partial charge is 0.573 e. The van der Waals surface area contributed by atoms with Gasteiger partial charge < -0.3 is 15.0 Å². The van der Waals surface area contributed by atoms with Gasteiger partial charge >= 0.3 is 12.4 Å². The molecule has 0 bridgehead atoms. The van der Waals surface area contributed by atoms with Crippen molar-refractivity contribution in [2.75, 3.05) is 10.2 Å². The van der Waals surface area contributed by atoms with E-state index in [1.54, 1.807) is 62.9 Å². The van der Waals surface area contributed by atoms with Crippen molar-refractivity contribution in [2.24, 2.45) is 0 Å². The van der Waals surface area contributed by atoms with E-state index in [4.69, 9.17) is 0 Å². The van der Waals surface area contributed by atoms with E-state index in [1.165, 1.54) is 4.90 Å². The molecule has 1 aliphatic rings. The maximum absolute atomic E-state index is 13.4. The van der Waals surface area contributed by atoms with Gasteiger partial charge in [0.25, 0.3) is 5.91 Å². The maximum Gasteiger partial charge on any atom is 0.573 e. The number of imide groups is 1. The summed E-state index contributed by atoms with van der Waals surface area (Å²) in [5.41, 5.74) is -0.0712. The summed E-state index contributed by atoms with van der Waals surface area (Å²) < 4.78 is 43.2. The quantitative estimate of drug-likeness (QED) is 0.426. The molecule has 3 aromatic rings. The number of aromatic nitrogens is 2. The highest BCUT2D eigenvalue weighted by molar-refractivity contribution is 6.23. The van der Waals surface area contributed by atoms with E-state index in [0.717, 1.165) is 34.2 Å². The molecule has 3 heterocycles. The molecular formula is C26H24F3N5O4. The van der Waals surface area contributed by atoms with Crippen molar-refractivity contribution in [2.45, 2.75) is 45.1 Å². The van der Waals surface area contributed by atoms with Crippen LogP contribution in [0.1, 0.15) is 31.4 Å². The van der Waals surface area contributed by atoms with Crippen molar-refractivity contribution in [1.29, 1.82) is 0 Å². The van der Waals surface area contributed by atoms with Gasteiger partial charge in [-0.15, -0.1) is 13.2 Å². The fraction of sp³-hybridized carbons (Fsp3) is 0.269. The maximum atomic E-state index is 13.4. The van der Waals surface area contributed by atoms with Crippen LogP contribution >= 0.6 is 0 Å². The second-order valence-electron chi connectivity index (χ2n) is 9.06. The molecule has 9 nitrogen and oxygen atoms in total. The number of nitrogens with zero attached hydrogens (tertiary/aromatic N) is 4. The Morgan fingerprint density at radius 1 is 1.03 bits per heavy atom. The van der Waals surface area contributed by atoms with Gasteiger partial charge in [-0.25, -0.2) is 9.69 Å². The molecule has 1 saturated heterocycles. The minimum Gasteiger partial charge on any atom is -0.404 e. The lowest BCUT2D eigenvalue weighted by Gasteiger charge is -2.27. The molecule has 4 amide bonds. The monoisotopic (exact) mass is 527 g/mol. The van der Waals surface area contributed by atoms with Crippen LogP contribution in [0.15, 0.2) is 67.3 Å². The third-order valence-electron chi connectivity index (χ3n) is 6.00. The van der Waals surface area contributed by atoms with Crippen LogP contribution in [0.4, 0.5) is 29.3 Å². The first-order valence-electron chi connectivity index (χ1n) is 11.6. The zero-order chi connectivity index (χ0) is 27.5. The molecule has 1 fully saturated rings. The number of hydrogen-bond donors (Lipinski definition) is 1. The molecule has 0 spiro atoms. The molecule has 1 aliphatic heterocycles. The Bertz CT molecular complexity index is 1330. The lowest BCUT2D eigenvalue weighted by atomic mass is 10.0. The number of hydrogen-bond acceptors (Lipinski definition) is 6. The summed E-state index contributed by atoms with van der Waals surface area (Å²) in [7, 11) is 0. The number of aryl methyl sites for hydroxylation is 1. The Kier molecular flexibility index (Phi) is 7.33. The first-order valence-corrected chi connectivity index (χ1v) is 11.6. The molecule has 0 saturated carbocycles. The van der Waals surface area contributed by atoms with Gasteiger partial charge in [-0.1, -0.05) is 6.07 Å². The van der Waals surface area contributed by atoms with Crippen LogP contribution in [0.2, 0.25) is 0 Å². The highest BCUT2D eigenvalue weighted by Gasteiger charge is 2.52. The van der Waals surface area contributed by atoms with Crippen LogP contribution in [0.3, 0.4) is 0 Å². The average molecular weight is 528 g/mol. The summed E-state index contributed by atoms with van der Waals surface area (Å²) in [6.45, 7) is 3.27. The summed E-state index contributed by atoms with van der Waals surface area (Å²) >= 11 is 0. The van der Waals surface area contributed by atoms with E-state index in [-0.39, 0.29) is 24.3 Å². The number of halogens is 3. The predicted octanol–water partition coefficient (Wildman–Crippen LogP) is 4.69. The minimum absolute atomic E-state index is 0.0117. The number of carbonyl (C=O) groups excluding carboxylic acids is 3. The fourth-order valence-corrected chi connectivity index (χ4v) is 3.98. The molecule has 0 radical (unpaired) electrons. The molecule has 1 N–H and O–H groups in total. The minimum atomic E-state index is -5.03. The van der Waals surface area contributed by atoms with Crippen molar-refractivity contribution >= 4 is 29.2 Å². The number of benzene rings is 1. The van der Waals surface area contributed by atoms with Crippen LogP contribution in [0.25, 0.3) is 0 Å². The molecule has 2 aromatic heterocycles. The number of urea groups is 1. The number of alkyl halides is 3. The summed E-state index contributed by atoms with van der Waals surface area (Å²) in [6, 6.07) is 9.46. The number of nitrogens with one attached hydrogen (secondary N) is 1. The Morgan fingerprint density at radius 3 is 2.42 bits per heavy atom. The van der Waals surface area contributed by atoms with E-state index in [1.807, 2.05) is 0 Å². The number of amides is 4. The molecule has 4 rings (SSSR count). The van der Waals surface area contributed by atoms with Crippen molar-refractivity contribution in [3.63, 3.8) is 0 Å². The van der Waals surface area contributed by atoms with Crippen LogP contribution in [0, 0.1) is 0 Å². The Morgan fingerprint density at radius 2 is 1.76 bits per heavy atom. The van der Waals surface area contributed by atoms with Gasteiger partial charge in [-0.3, -0.25) is 19.6 Å². The number of ether oxygens (including phenoxy) is 1. The Labute approximate surface area is 216 Å². The summed E-state index contributed by atoms with van der Waals surface area (Å²) in [6.07, 6.45) is 1.51. The molecule has 38 heavy (non-hydrogen) atoms. The predicted molar refractivity (Wildman–Crippen MR) is 131 cm³/mol. The van der Waals surface area contributed by atoms with Crippen LogP contribution in [-0.2, 0) is 22.6 Å². The van der Waals surface area contributed by atoms with Gasteiger partial charge in [0.1, 0.15) is 5.54 Å². The fourth-order valence-electron chi connectivity index (χ4n) is 3.98. The molecule has 12 heteroatoms. The zero-order valence-corrected chi connectivity index (χ0v) is 20.5. The highest BCUT2D eigenvalue weighted by atomic mass is 19.4. The number of carbonyl (C=O) groups is 3. The number of pyridine rings is 2. The van der Waals surface area contributed by atoms with Gasteiger partial charge in [0.15, 0.2) is 5.75 Å². The molecule has 0 aliphatic carbocycles. The molecule has 198 valence electrons. The lowest BCUT2D eigenvalue weighted by Crippen LogP contribution is -2.43. The number of anilines is 2. The van der Waals surface area contributed by atoms with Gasteiger partial charge in [0.05, 0.1) is 11.4 Å². The zero-order valence-electron chi connectivity index (χ0n) is 20.5. The van der Waals surface area contributed by atoms with Crippen molar-refractivity contribution in [3.8, 4) is 5.75 Å². The second-order valence-corrected chi connectivity index (χ2v) is 9.06. The van der Waals surface area contributed by atoms with Crippen LogP contribution < -0.4 is 15.0 Å². The SMILES string of the molecule is CC1(C)C(=O)N(c2ccc(OC(F)(F)F)c(NC(=O)CCc3cccnc3)c2)C(=O)N1Cc1ccncc1. The summed E-state index contributed by atoms with van der Waals surface area (Å²) in [5.74, 6) is -1.84. The highest BCUT2D eigenvalue weighted by Crippen LogP contribution is 2.38. The first kappa shape index (κ1) is 26.6. The molecular weight excluding hydrogens is 503 g/mol. The van der Waals surface area contributed by atoms with Gasteiger partial charge in [-0.05, 0) is 67.8 Å². The van der Waals surface area contributed by atoms with E-state index in [2.05, 4.69) is 20.0 Å². The third kappa shape index (κ3) is 5.90. The van der Waals surface area contributed by atoms with Crippen molar-refractivity contribution in [3.05, 3.63) is 78.4 Å². The second kappa shape index (κ2) is 10.5. The Balaban J connectivity index is 1.61. The molecule has 0 atom stereocenters. The third-order valence-corrected chi connectivity index (χ3v) is 6.00. The average Bonchev–Trinajstić information content (AvgIpc) is 3.03. The van der Waals surface area contributed by atoms with Crippen LogP contribution in [-0.4, -0.2) is 44.6 Å². The lowest BCUT2D eigenvalue weighted by molar-refractivity contribution is -0.274. The van der Waals surface area contributed by atoms with Crippen molar-refractivity contribution < 1.29 is 32.3 Å². The van der Waals surface area contributed by atoms with Crippen LogP contribution in [0.5, 0.6) is 5.75 Å². The normalized spacial score (nSPS) is 15.1. The van der Waals surface area contributed by atoms with E-state index in [9.17, 15) is 27.6 Å². The standard InChI is InChI=1S/C26H24F3N5O4/c1-25(2)23(36)34(24(37)33(25)16-18-9-12-30-13-10-18)19-6-7-21(38-26(27,28)29)20(14-19)32-22(35)8-5-17-4-3-11-31-15-17/h3-4,6-7,9-15H,5,8,16H2,1-2H3,(H,32,35). The summed E-state index contributed by atoms with van der Waals surface area (Å²) in [4.78, 5) is 49.4. The molecule has 1 aromatic carbocycles. The van der Waals surface area contributed by atoms with Gasteiger partial charge in [0, 0.05) is 37.8 Å². The first-order chi connectivity index (χ1) is 18.0. The van der Waals surface area contributed by atoms with E-state index in [0.29, 0.717) is 6.42 Å². The van der Waals surface area contributed by atoms with E-state index >= 15 is 0 Å². The topological polar surface area (TPSA) is 105 Å². The molecule has 0 unspecified atom stereocenters. The van der Waals surface area contributed by atoms with E-state index < -0.39 is 35.5 Å². The summed E-state index contributed by atoms with van der Waals surface area (Å²) in [5, 5.41) is 2.41. The van der Waals surface area contributed by atoms with Crippen molar-refractivity contribution in [1.82, 2.24) is 14.9 Å².